The number of aromatic nitrogens is 5. The first-order chi connectivity index (χ1) is 24.3. The molecule has 50 heavy (non-hydrogen) atoms. The van der Waals surface area contributed by atoms with Crippen molar-refractivity contribution >= 4 is 57.7 Å². The van der Waals surface area contributed by atoms with Crippen LogP contribution < -0.4 is 10.1 Å². The molecule has 2 aliphatic carbocycles. The molecule has 5 aromatic rings. The van der Waals surface area contributed by atoms with E-state index >= 15 is 0 Å². The maximum atomic E-state index is 13.5. The Morgan fingerprint density at radius 3 is 2.72 bits per heavy atom. The van der Waals surface area contributed by atoms with Crippen LogP contribution in [0.2, 0.25) is 5.02 Å². The first-order valence-corrected chi connectivity index (χ1v) is 20.0. The Kier molecular flexibility index (Phi) is 7.97. The van der Waals surface area contributed by atoms with Crippen molar-refractivity contribution in [1.29, 1.82) is 0 Å². The number of nitrogens with zero attached hydrogens (tertiary/aromatic N) is 5. The van der Waals surface area contributed by atoms with Crippen molar-refractivity contribution < 1.29 is 14.3 Å². The molecule has 0 saturated heterocycles. The number of hydrogen-bond donors (Lipinski definition) is 1. The third kappa shape index (κ3) is 5.25. The lowest BCUT2D eigenvalue weighted by molar-refractivity contribution is 0.0589. The number of anilines is 1. The topological polar surface area (TPSA) is 88.1 Å². The molecule has 0 amide bonds. The van der Waals surface area contributed by atoms with E-state index in [-0.39, 0.29) is 11.5 Å². The molecule has 8 bridgehead atoms. The van der Waals surface area contributed by atoms with Crippen LogP contribution in [0, 0.1) is 12.8 Å². The average molecular weight is 729 g/mol. The van der Waals surface area contributed by atoms with Gasteiger partial charge in [-0.25, -0.2) is 4.79 Å². The molecule has 2 saturated carbocycles. The number of carbonyl (C=O) groups is 1. The summed E-state index contributed by atoms with van der Waals surface area (Å²) >= 11 is 10.9. The van der Waals surface area contributed by atoms with Crippen molar-refractivity contribution in [2.75, 3.05) is 25.6 Å². The quantitative estimate of drug-likeness (QED) is 0.183. The zero-order valence-corrected chi connectivity index (χ0v) is 31.3. The van der Waals surface area contributed by atoms with Crippen molar-refractivity contribution in [1.82, 2.24) is 24.1 Å². The maximum Gasteiger partial charge on any atom is 0.354 e. The normalized spacial score (nSPS) is 21.3. The minimum absolute atomic E-state index is 0.156. The van der Waals surface area contributed by atoms with Crippen LogP contribution in [0.1, 0.15) is 70.1 Å². The fourth-order valence-electron chi connectivity index (χ4n) is 8.22. The highest BCUT2D eigenvalue weighted by atomic mass is 35.5. The summed E-state index contributed by atoms with van der Waals surface area (Å²) in [5.74, 6) is 3.66. The number of methoxy groups -OCH3 is 1. The Labute approximate surface area is 305 Å². The van der Waals surface area contributed by atoms with Crippen molar-refractivity contribution in [2.24, 2.45) is 20.0 Å². The SMILES string of the molecule is COC(=O)c1c2c3ccc(Cl)c(c3n1C)-c1c(C)nn(C34CC3C4)c1CSCc1cc(n(C)n1)CSc1cc3c(c(c1)OCCC2)NCCC3. The third-order valence-electron chi connectivity index (χ3n) is 11.1. The lowest BCUT2D eigenvalue weighted by Gasteiger charge is -2.22. The smallest absolute Gasteiger partial charge is 0.354 e. The average Bonchev–Trinajstić information content (AvgIpc) is 3.87. The minimum atomic E-state index is -0.352. The van der Waals surface area contributed by atoms with E-state index in [1.165, 1.54) is 41.8 Å². The summed E-state index contributed by atoms with van der Waals surface area (Å²) in [6.07, 6.45) is 5.90. The van der Waals surface area contributed by atoms with Crippen LogP contribution >= 0.6 is 35.1 Å². The largest absolute Gasteiger partial charge is 0.491 e. The van der Waals surface area contributed by atoms with Crippen molar-refractivity contribution in [2.45, 2.75) is 73.1 Å². The number of rotatable bonds is 2. The van der Waals surface area contributed by atoms with Gasteiger partial charge < -0.3 is 19.4 Å². The summed E-state index contributed by atoms with van der Waals surface area (Å²) in [5, 5.41) is 15.4. The van der Waals surface area contributed by atoms with Gasteiger partial charge in [0.15, 0.2) is 0 Å². The lowest BCUT2D eigenvalue weighted by atomic mass is 9.98. The van der Waals surface area contributed by atoms with Crippen molar-refractivity contribution in [3.05, 3.63) is 75.0 Å². The van der Waals surface area contributed by atoms with Gasteiger partial charge in [0, 0.05) is 65.0 Å². The summed E-state index contributed by atoms with van der Waals surface area (Å²) in [6.45, 7) is 3.55. The summed E-state index contributed by atoms with van der Waals surface area (Å²) in [5.41, 5.74) is 11.5. The van der Waals surface area contributed by atoms with E-state index in [9.17, 15) is 4.79 Å². The Morgan fingerprint density at radius 2 is 1.92 bits per heavy atom. The van der Waals surface area contributed by atoms with Crippen LogP contribution in [-0.4, -0.2) is 50.4 Å². The summed E-state index contributed by atoms with van der Waals surface area (Å²) in [4.78, 5) is 14.7. The number of aryl methyl sites for hydroxylation is 5. The van der Waals surface area contributed by atoms with Crippen LogP contribution in [0.15, 0.2) is 35.2 Å². The molecule has 3 aromatic heterocycles. The molecule has 0 spiro atoms. The Bertz CT molecular complexity index is 2200. The van der Waals surface area contributed by atoms with E-state index in [2.05, 4.69) is 41.2 Å². The second-order valence-electron chi connectivity index (χ2n) is 14.2. The number of carbonyl (C=O) groups excluding carboxylic acids is 1. The first-order valence-electron chi connectivity index (χ1n) is 17.5. The highest BCUT2D eigenvalue weighted by Gasteiger charge is 2.72. The third-order valence-corrected chi connectivity index (χ3v) is 13.4. The maximum absolute atomic E-state index is 13.5. The molecule has 2 aromatic carbocycles. The Morgan fingerprint density at radius 1 is 1.08 bits per heavy atom. The number of nitrogens with one attached hydrogen (secondary N) is 1. The van der Waals surface area contributed by atoms with Gasteiger partial charge in [0.2, 0.25) is 0 Å². The first kappa shape index (κ1) is 32.4. The van der Waals surface area contributed by atoms with Gasteiger partial charge in [-0.1, -0.05) is 17.7 Å². The molecule has 4 aliphatic rings. The van der Waals surface area contributed by atoms with Gasteiger partial charge in [-0.2, -0.15) is 10.2 Å². The number of esters is 1. The van der Waals surface area contributed by atoms with Gasteiger partial charge in [0.05, 0.1) is 52.6 Å². The van der Waals surface area contributed by atoms with E-state index in [1.807, 2.05) is 52.9 Å². The number of thioether (sulfide) groups is 2. The molecule has 260 valence electrons. The molecule has 9 nitrogen and oxygen atoms in total. The molecule has 12 heteroatoms. The summed E-state index contributed by atoms with van der Waals surface area (Å²) in [7, 11) is 5.45. The van der Waals surface area contributed by atoms with Gasteiger partial charge in [-0.05, 0) is 86.8 Å². The van der Waals surface area contributed by atoms with Crippen LogP contribution in [0.4, 0.5) is 5.69 Å². The minimum Gasteiger partial charge on any atom is -0.491 e. The fourth-order valence-corrected chi connectivity index (χ4v) is 10.4. The van der Waals surface area contributed by atoms with Gasteiger partial charge in [0.1, 0.15) is 11.4 Å². The molecule has 0 radical (unpaired) electrons. The number of halogens is 1. The zero-order valence-electron chi connectivity index (χ0n) is 28.9. The standard InChI is InChI=1S/C38H41ClN6O3S2/c1-21-32-30(45(41-21)38-16-23(38)17-38)20-49-18-24-14-25(44(3)42-24)19-50-26-13-22-7-5-11-40-34(22)31(15-26)48-12-6-8-27-28-9-10-29(39)33(32)35(28)43(2)36(27)37(46)47-4/h9-10,13-15,23,40H,5-8,11-12,16-20H2,1-4H3. The molecule has 2 fully saturated rings. The van der Waals surface area contributed by atoms with E-state index in [4.69, 9.17) is 31.3 Å². The molecular formula is C38H41ClN6O3S2. The van der Waals surface area contributed by atoms with E-state index in [0.29, 0.717) is 23.7 Å². The Balaban J connectivity index is 1.18. The van der Waals surface area contributed by atoms with Gasteiger partial charge in [-0.15, -0.1) is 23.5 Å². The van der Waals surface area contributed by atoms with Gasteiger partial charge in [0.25, 0.3) is 0 Å². The molecule has 9 rings (SSSR count). The van der Waals surface area contributed by atoms with Crippen LogP contribution in [0.5, 0.6) is 5.75 Å². The highest BCUT2D eigenvalue weighted by molar-refractivity contribution is 7.98. The highest BCUT2D eigenvalue weighted by Crippen LogP contribution is 2.73. The van der Waals surface area contributed by atoms with Gasteiger partial charge >= 0.3 is 5.97 Å². The molecule has 5 heterocycles. The van der Waals surface area contributed by atoms with E-state index in [1.54, 1.807) is 0 Å². The van der Waals surface area contributed by atoms with Crippen LogP contribution in [0.25, 0.3) is 22.0 Å². The number of hydrogen-bond acceptors (Lipinski definition) is 8. The van der Waals surface area contributed by atoms with E-state index in [0.717, 1.165) is 99.4 Å². The monoisotopic (exact) mass is 728 g/mol. The summed E-state index contributed by atoms with van der Waals surface area (Å²) in [6, 6.07) is 10.8. The van der Waals surface area contributed by atoms with Crippen molar-refractivity contribution in [3.63, 3.8) is 0 Å². The van der Waals surface area contributed by atoms with Crippen LogP contribution in [-0.2, 0) is 54.5 Å². The Hall–Kier alpha value is -3.54. The predicted octanol–water partition coefficient (Wildman–Crippen LogP) is 8.05. The lowest BCUT2D eigenvalue weighted by Crippen LogP contribution is -2.14. The van der Waals surface area contributed by atoms with Gasteiger partial charge in [-0.3, -0.25) is 9.36 Å². The second kappa shape index (κ2) is 12.3. The molecule has 0 atom stereocenters. The fraction of sp³-hybridized carbons (Fsp3) is 0.447. The summed E-state index contributed by atoms with van der Waals surface area (Å²) < 4.78 is 18.3. The second-order valence-corrected chi connectivity index (χ2v) is 16.6. The number of fused-ring (bicyclic) bond motifs is 9. The zero-order chi connectivity index (χ0) is 34.3. The molecule has 2 aliphatic heterocycles. The predicted molar refractivity (Wildman–Crippen MR) is 201 cm³/mol. The van der Waals surface area contributed by atoms with Crippen LogP contribution in [0.3, 0.4) is 0 Å². The molecular weight excluding hydrogens is 688 g/mol. The molecule has 1 N–H and O–H groups in total. The van der Waals surface area contributed by atoms with E-state index < -0.39 is 0 Å². The molecule has 0 unspecified atom stereocenters. The number of ether oxygens (including phenoxy) is 2. The number of benzene rings is 2. The van der Waals surface area contributed by atoms with Crippen molar-refractivity contribution in [3.8, 4) is 16.9 Å².